The molecule has 0 unspecified atom stereocenters. The number of rotatable bonds is 2. The number of hydrogen-bond donors (Lipinski definition) is 0. The van der Waals surface area contributed by atoms with Crippen molar-refractivity contribution in [2.24, 2.45) is 0 Å². The molecular weight excluding hydrogens is 384 g/mol. The third-order valence-electron chi connectivity index (χ3n) is 5.97. The van der Waals surface area contributed by atoms with Crippen molar-refractivity contribution in [1.29, 1.82) is 0 Å². The minimum atomic E-state index is 0.393. The molecule has 1 fully saturated rings. The molecule has 2 aromatic heterocycles. The van der Waals surface area contributed by atoms with Gasteiger partial charge in [0.25, 0.3) is 0 Å². The molecule has 2 aliphatic rings. The van der Waals surface area contributed by atoms with Gasteiger partial charge in [0.2, 0.25) is 0 Å². The van der Waals surface area contributed by atoms with Crippen LogP contribution < -0.4 is 4.90 Å². The minimum absolute atomic E-state index is 0.393. The Balaban J connectivity index is 1.44. The van der Waals surface area contributed by atoms with Gasteiger partial charge in [0.05, 0.1) is 12.2 Å². The zero-order chi connectivity index (χ0) is 20.0. The van der Waals surface area contributed by atoms with Crippen molar-refractivity contribution in [3.63, 3.8) is 0 Å². The molecule has 0 radical (unpaired) electrons. The van der Waals surface area contributed by atoms with Gasteiger partial charge in [-0.25, -0.2) is 4.98 Å². The van der Waals surface area contributed by atoms with Crippen molar-refractivity contribution < 1.29 is 0 Å². The zero-order valence-electron chi connectivity index (χ0n) is 16.8. The second-order valence-corrected chi connectivity index (χ2v) is 8.64. The van der Waals surface area contributed by atoms with Gasteiger partial charge in [-0.05, 0) is 68.3 Å². The first kappa shape index (κ1) is 18.6. The molecule has 4 heterocycles. The van der Waals surface area contributed by atoms with Gasteiger partial charge in [0.15, 0.2) is 5.82 Å². The predicted molar refractivity (Wildman–Crippen MR) is 115 cm³/mol. The number of benzene rings is 1. The number of halogens is 1. The highest BCUT2D eigenvalue weighted by atomic mass is 35.5. The van der Waals surface area contributed by atoms with E-state index < -0.39 is 0 Å². The van der Waals surface area contributed by atoms with Gasteiger partial charge < -0.3 is 4.90 Å². The average Bonchev–Trinajstić information content (AvgIpc) is 3.05. The smallest absolute Gasteiger partial charge is 0.151 e. The number of fused-ring (bicyclic) bond motifs is 3. The van der Waals surface area contributed by atoms with E-state index in [1.165, 1.54) is 11.1 Å². The highest BCUT2D eigenvalue weighted by Gasteiger charge is 2.29. The molecule has 0 spiro atoms. The monoisotopic (exact) mass is 408 g/mol. The fourth-order valence-electron chi connectivity index (χ4n) is 4.51. The maximum atomic E-state index is 6.28. The van der Waals surface area contributed by atoms with Crippen molar-refractivity contribution in [2.45, 2.75) is 38.8 Å². The van der Waals surface area contributed by atoms with E-state index in [9.17, 15) is 0 Å². The maximum Gasteiger partial charge on any atom is 0.151 e. The van der Waals surface area contributed by atoms with Crippen LogP contribution in [-0.2, 0) is 13.1 Å². The second-order valence-electron chi connectivity index (χ2n) is 8.21. The molecule has 2 aliphatic heterocycles. The lowest BCUT2D eigenvalue weighted by molar-refractivity contribution is 0.315. The number of pyridine rings is 1. The fourth-order valence-corrected chi connectivity index (χ4v) is 4.70. The van der Waals surface area contributed by atoms with Crippen LogP contribution in [0.15, 0.2) is 36.5 Å². The van der Waals surface area contributed by atoms with Gasteiger partial charge in [-0.3, -0.25) is 9.47 Å². The van der Waals surface area contributed by atoms with Crippen molar-refractivity contribution >= 4 is 17.4 Å². The lowest BCUT2D eigenvalue weighted by Crippen LogP contribution is -2.34. The summed E-state index contributed by atoms with van der Waals surface area (Å²) in [6.45, 7) is 5.72. The third kappa shape index (κ3) is 3.51. The molecule has 5 rings (SSSR count). The SMILES string of the molecule is Cc1ccnc(N2CCC(c3nnc4n3-c3ccc(Cl)cc3CN(C)C4)CC2)c1. The fraction of sp³-hybridized carbons (Fsp3) is 0.409. The maximum absolute atomic E-state index is 6.28. The van der Waals surface area contributed by atoms with E-state index in [4.69, 9.17) is 11.6 Å². The largest absolute Gasteiger partial charge is 0.357 e. The number of hydrogen-bond acceptors (Lipinski definition) is 5. The van der Waals surface area contributed by atoms with Gasteiger partial charge in [0, 0.05) is 36.8 Å². The lowest BCUT2D eigenvalue weighted by atomic mass is 9.95. The van der Waals surface area contributed by atoms with E-state index in [0.29, 0.717) is 5.92 Å². The molecule has 0 saturated carbocycles. The lowest BCUT2D eigenvalue weighted by Gasteiger charge is -2.32. The molecule has 0 amide bonds. The van der Waals surface area contributed by atoms with Crippen molar-refractivity contribution in [3.8, 4) is 5.69 Å². The van der Waals surface area contributed by atoms with Crippen LogP contribution in [0.2, 0.25) is 5.02 Å². The van der Waals surface area contributed by atoms with Crippen LogP contribution in [0, 0.1) is 6.92 Å². The quantitative estimate of drug-likeness (QED) is 0.642. The number of aromatic nitrogens is 4. The van der Waals surface area contributed by atoms with Crippen LogP contribution in [0.1, 0.15) is 41.5 Å². The Morgan fingerprint density at radius 3 is 2.66 bits per heavy atom. The highest BCUT2D eigenvalue weighted by Crippen LogP contribution is 2.34. The molecule has 0 aliphatic carbocycles. The molecule has 150 valence electrons. The van der Waals surface area contributed by atoms with Gasteiger partial charge in [0.1, 0.15) is 11.6 Å². The Kier molecular flexibility index (Phi) is 4.76. The molecule has 1 saturated heterocycles. The average molecular weight is 409 g/mol. The van der Waals surface area contributed by atoms with E-state index in [-0.39, 0.29) is 0 Å². The first-order valence-corrected chi connectivity index (χ1v) is 10.6. The van der Waals surface area contributed by atoms with Crippen molar-refractivity contribution in [2.75, 3.05) is 25.0 Å². The summed E-state index contributed by atoms with van der Waals surface area (Å²) < 4.78 is 2.28. The third-order valence-corrected chi connectivity index (χ3v) is 6.21. The van der Waals surface area contributed by atoms with Crippen molar-refractivity contribution in [3.05, 3.63) is 64.3 Å². The van der Waals surface area contributed by atoms with E-state index in [0.717, 1.165) is 67.2 Å². The Bertz CT molecular complexity index is 1040. The number of anilines is 1. The molecule has 7 heteroatoms. The van der Waals surface area contributed by atoms with Crippen molar-refractivity contribution in [1.82, 2.24) is 24.6 Å². The summed E-state index contributed by atoms with van der Waals surface area (Å²) in [4.78, 5) is 9.20. The molecular formula is C22H25ClN6. The summed E-state index contributed by atoms with van der Waals surface area (Å²) in [7, 11) is 2.11. The topological polar surface area (TPSA) is 50.1 Å². The Hall–Kier alpha value is -2.44. The van der Waals surface area contributed by atoms with Crippen LogP contribution in [-0.4, -0.2) is 44.8 Å². The van der Waals surface area contributed by atoms with E-state index in [2.05, 4.69) is 61.7 Å². The summed E-state index contributed by atoms with van der Waals surface area (Å²) in [6.07, 6.45) is 3.99. The van der Waals surface area contributed by atoms with Gasteiger partial charge in [-0.2, -0.15) is 0 Å². The number of piperidine rings is 1. The Labute approximate surface area is 176 Å². The van der Waals surface area contributed by atoms with Crippen LogP contribution in [0.25, 0.3) is 5.69 Å². The second kappa shape index (κ2) is 7.43. The molecule has 29 heavy (non-hydrogen) atoms. The highest BCUT2D eigenvalue weighted by molar-refractivity contribution is 6.30. The standard InChI is InChI=1S/C22H25ClN6/c1-15-5-8-24-20(11-15)28-9-6-16(7-10-28)22-26-25-21-14-27(2)13-17-12-18(23)3-4-19(17)29(21)22/h3-5,8,11-12,16H,6-7,9-10,13-14H2,1-2H3. The van der Waals surface area contributed by atoms with E-state index in [1.54, 1.807) is 0 Å². The molecule has 0 bridgehead atoms. The Morgan fingerprint density at radius 1 is 1.03 bits per heavy atom. The van der Waals surface area contributed by atoms with Gasteiger partial charge in [-0.1, -0.05) is 11.6 Å². The first-order chi connectivity index (χ1) is 14.1. The van der Waals surface area contributed by atoms with Crippen LogP contribution in [0.3, 0.4) is 0 Å². The van der Waals surface area contributed by atoms with Crippen LogP contribution in [0.4, 0.5) is 5.82 Å². The van der Waals surface area contributed by atoms with Gasteiger partial charge >= 0.3 is 0 Å². The molecule has 1 aromatic carbocycles. The summed E-state index contributed by atoms with van der Waals surface area (Å²) in [5, 5.41) is 9.99. The number of nitrogens with zero attached hydrogens (tertiary/aromatic N) is 6. The van der Waals surface area contributed by atoms with Crippen LogP contribution >= 0.6 is 11.6 Å². The number of aryl methyl sites for hydroxylation is 1. The molecule has 6 nitrogen and oxygen atoms in total. The zero-order valence-corrected chi connectivity index (χ0v) is 17.6. The van der Waals surface area contributed by atoms with E-state index >= 15 is 0 Å². The Morgan fingerprint density at radius 2 is 1.86 bits per heavy atom. The first-order valence-electron chi connectivity index (χ1n) is 10.2. The summed E-state index contributed by atoms with van der Waals surface area (Å²) >= 11 is 6.28. The predicted octanol–water partition coefficient (Wildman–Crippen LogP) is 3.95. The molecule has 0 atom stereocenters. The molecule has 3 aromatic rings. The van der Waals surface area contributed by atoms with E-state index in [1.807, 2.05) is 18.3 Å². The summed E-state index contributed by atoms with van der Waals surface area (Å²) in [5.74, 6) is 3.55. The molecule has 0 N–H and O–H groups in total. The normalized spacial score (nSPS) is 17.7. The summed E-state index contributed by atoms with van der Waals surface area (Å²) in [6, 6.07) is 10.4. The van der Waals surface area contributed by atoms with Crippen LogP contribution in [0.5, 0.6) is 0 Å². The van der Waals surface area contributed by atoms with Gasteiger partial charge in [-0.15, -0.1) is 10.2 Å². The minimum Gasteiger partial charge on any atom is -0.357 e. The summed E-state index contributed by atoms with van der Waals surface area (Å²) in [5.41, 5.74) is 3.64.